The molecule has 1 heterocycles. The maximum absolute atomic E-state index is 7.96. The molecule has 1 aromatic heterocycles. The number of benzene rings is 1. The quantitative estimate of drug-likeness (QED) is 0.842. The number of hydrogen-bond acceptors (Lipinski definition) is 2. The summed E-state index contributed by atoms with van der Waals surface area (Å²) in [7, 11) is -2.73. The van der Waals surface area contributed by atoms with Gasteiger partial charge in [0.05, 0.1) is 11.2 Å². The van der Waals surface area contributed by atoms with Gasteiger partial charge in [-0.15, -0.1) is 0 Å². The number of ether oxygens (including phenoxy) is 1. The second kappa shape index (κ2) is 4.65. The highest BCUT2D eigenvalue weighted by molar-refractivity contribution is 5.81. The normalized spacial score (nSPS) is 28.2. The van der Waals surface area contributed by atoms with E-state index in [1.165, 1.54) is 30.5 Å². The molecular weight excluding hydrogens is 224 g/mol. The third-order valence-corrected chi connectivity index (χ3v) is 2.64. The molecule has 0 bridgehead atoms. The van der Waals surface area contributed by atoms with Gasteiger partial charge in [-0.05, 0) is 51.9 Å². The molecule has 0 aliphatic carbocycles. The third-order valence-electron chi connectivity index (χ3n) is 2.64. The Balaban J connectivity index is 2.76. The standard InChI is InChI=1S/C15H22N2O/c1-15(2,16(3)4)11-17-9-8-12-10-13(18-5)6-7-14(12)17/h6-10H,11H2,1-5H3/i1D3,2D3,3D3,4D3,5D3. The van der Waals surface area contributed by atoms with Crippen LogP contribution >= 0.6 is 0 Å². The van der Waals surface area contributed by atoms with E-state index in [0.717, 1.165) is 4.57 Å². The van der Waals surface area contributed by atoms with Gasteiger partial charge in [0, 0.05) is 45.6 Å². The number of nitrogens with zero attached hydrogens (tertiary/aromatic N) is 2. The molecule has 18 heavy (non-hydrogen) atoms. The fourth-order valence-electron chi connectivity index (χ4n) is 1.70. The third kappa shape index (κ3) is 2.36. The van der Waals surface area contributed by atoms with Crippen molar-refractivity contribution < 1.29 is 25.3 Å². The van der Waals surface area contributed by atoms with Crippen molar-refractivity contribution in [1.29, 1.82) is 0 Å². The molecule has 0 radical (unpaired) electrons. The molecule has 0 saturated carbocycles. The van der Waals surface area contributed by atoms with E-state index in [-0.39, 0.29) is 11.3 Å². The lowest BCUT2D eigenvalue weighted by molar-refractivity contribution is 0.171. The van der Waals surface area contributed by atoms with E-state index < -0.39 is 51.7 Å². The second-order valence-electron chi connectivity index (χ2n) is 3.96. The van der Waals surface area contributed by atoms with Crippen LogP contribution in [0.15, 0.2) is 30.5 Å². The molecule has 0 N–H and O–H groups in total. The number of fused-ring (bicyclic) bond motifs is 1. The molecule has 2 aromatic rings. The van der Waals surface area contributed by atoms with E-state index in [0.29, 0.717) is 5.39 Å². The van der Waals surface area contributed by atoms with Crippen molar-refractivity contribution in [2.24, 2.45) is 0 Å². The van der Waals surface area contributed by atoms with Gasteiger partial charge in [-0.25, -0.2) is 0 Å². The highest BCUT2D eigenvalue weighted by Gasteiger charge is 2.21. The van der Waals surface area contributed by atoms with Crippen LogP contribution in [-0.4, -0.2) is 36.0 Å². The Labute approximate surface area is 130 Å². The Morgan fingerprint density at radius 3 is 2.94 bits per heavy atom. The molecule has 3 heteroatoms. The minimum absolute atomic E-state index is 0.0373. The SMILES string of the molecule is [2H]C([2H])([2H])Oc1ccc2c(ccn2CC(N(C([2H])([2H])[2H])C([2H])([2H])[2H])(C([2H])([2H])[2H])C([2H])([2H])[2H])c1. The molecule has 0 spiro atoms. The number of rotatable bonds is 4. The number of likely N-dealkylation sites (N-methyl/N-ethyl adjacent to an activating group) is 1. The van der Waals surface area contributed by atoms with Crippen molar-refractivity contribution in [3.63, 3.8) is 0 Å². The van der Waals surface area contributed by atoms with Crippen molar-refractivity contribution in [3.05, 3.63) is 30.5 Å². The largest absolute Gasteiger partial charge is 0.497 e. The Kier molecular flexibility index (Phi) is 0.973. The van der Waals surface area contributed by atoms with Crippen LogP contribution in [0, 0.1) is 0 Å². The first kappa shape index (κ1) is 3.76. The Morgan fingerprint density at radius 2 is 2.22 bits per heavy atom. The molecule has 0 atom stereocenters. The molecule has 0 amide bonds. The predicted molar refractivity (Wildman–Crippen MR) is 76.3 cm³/mol. The Bertz CT molecular complexity index is 949. The summed E-state index contributed by atoms with van der Waals surface area (Å²) < 4.78 is 121. The van der Waals surface area contributed by atoms with E-state index >= 15 is 0 Å². The van der Waals surface area contributed by atoms with Crippen LogP contribution in [0.4, 0.5) is 0 Å². The summed E-state index contributed by atoms with van der Waals surface area (Å²) in [5, 5.41) is 0.330. The number of aromatic nitrogens is 1. The van der Waals surface area contributed by atoms with Crippen LogP contribution < -0.4 is 4.74 Å². The lowest BCUT2D eigenvalue weighted by Crippen LogP contribution is -2.41. The van der Waals surface area contributed by atoms with Gasteiger partial charge in [-0.1, -0.05) is 0 Å². The van der Waals surface area contributed by atoms with Crippen molar-refractivity contribution in [3.8, 4) is 5.75 Å². The summed E-state index contributed by atoms with van der Waals surface area (Å²) >= 11 is 0. The van der Waals surface area contributed by atoms with Gasteiger partial charge in [-0.3, -0.25) is 0 Å². The fourth-order valence-corrected chi connectivity index (χ4v) is 1.70. The van der Waals surface area contributed by atoms with E-state index in [2.05, 4.69) is 0 Å². The number of hydrogen-bond donors (Lipinski definition) is 0. The average molecular weight is 261 g/mol. The number of methoxy groups -OCH3 is 1. The van der Waals surface area contributed by atoms with Gasteiger partial charge in [-0.2, -0.15) is 0 Å². The second-order valence-corrected chi connectivity index (χ2v) is 3.96. The van der Waals surface area contributed by atoms with Crippen molar-refractivity contribution in [2.45, 2.75) is 25.8 Å². The van der Waals surface area contributed by atoms with Gasteiger partial charge in [0.25, 0.3) is 0 Å². The van der Waals surface area contributed by atoms with Crippen LogP contribution in [0.25, 0.3) is 10.9 Å². The smallest absolute Gasteiger partial charge is 0.119 e. The van der Waals surface area contributed by atoms with Crippen LogP contribution in [0.3, 0.4) is 0 Å². The topological polar surface area (TPSA) is 17.4 Å². The van der Waals surface area contributed by atoms with Crippen LogP contribution in [-0.2, 0) is 6.54 Å². The molecule has 98 valence electrons. The van der Waals surface area contributed by atoms with E-state index in [9.17, 15) is 0 Å². The van der Waals surface area contributed by atoms with Gasteiger partial charge in [0.1, 0.15) is 5.75 Å². The average Bonchev–Trinajstić information content (AvgIpc) is 2.89. The highest BCUT2D eigenvalue weighted by atomic mass is 16.5. The molecule has 3 nitrogen and oxygen atoms in total. The monoisotopic (exact) mass is 261 g/mol. The maximum Gasteiger partial charge on any atom is 0.119 e. The molecule has 2 rings (SSSR count). The summed E-state index contributed by atoms with van der Waals surface area (Å²) in [5.41, 5.74) is -3.13. The summed E-state index contributed by atoms with van der Waals surface area (Å²) in [6.07, 6.45) is 1.26. The molecule has 1 aromatic carbocycles. The maximum atomic E-state index is 7.96. The first-order chi connectivity index (χ1) is 14.5. The lowest BCUT2D eigenvalue weighted by atomic mass is 10.0. The predicted octanol–water partition coefficient (Wildman–Crippen LogP) is 2.99. The highest BCUT2D eigenvalue weighted by Crippen LogP contribution is 2.24. The molecule has 0 fully saturated rings. The van der Waals surface area contributed by atoms with E-state index in [1.807, 2.05) is 0 Å². The first-order valence-electron chi connectivity index (χ1n) is 12.6. The summed E-state index contributed by atoms with van der Waals surface area (Å²) in [6.45, 7) is -15.4. The minimum Gasteiger partial charge on any atom is -0.497 e. The van der Waals surface area contributed by atoms with Crippen LogP contribution in [0.5, 0.6) is 5.75 Å². The summed E-state index contributed by atoms with van der Waals surface area (Å²) in [4.78, 5) is -0.398. The Hall–Kier alpha value is -1.48. The van der Waals surface area contributed by atoms with Gasteiger partial charge >= 0.3 is 0 Å². The van der Waals surface area contributed by atoms with E-state index in [4.69, 9.17) is 25.3 Å². The van der Waals surface area contributed by atoms with Gasteiger partial charge < -0.3 is 14.2 Å². The van der Waals surface area contributed by atoms with E-state index in [1.54, 1.807) is 0 Å². The zero-order chi connectivity index (χ0) is 25.8. The van der Waals surface area contributed by atoms with Crippen LogP contribution in [0.1, 0.15) is 34.3 Å². The van der Waals surface area contributed by atoms with Gasteiger partial charge in [0.15, 0.2) is 0 Å². The summed E-state index contributed by atoms with van der Waals surface area (Å²) in [6, 6.07) is 5.30. The molecule has 0 unspecified atom stereocenters. The van der Waals surface area contributed by atoms with Crippen LogP contribution in [0.2, 0.25) is 0 Å². The summed E-state index contributed by atoms with van der Waals surface area (Å²) in [5.74, 6) is -0.0373. The lowest BCUT2D eigenvalue weighted by Gasteiger charge is -2.33. The molecule has 0 saturated heterocycles. The first-order valence-corrected chi connectivity index (χ1v) is 5.09. The van der Waals surface area contributed by atoms with Crippen molar-refractivity contribution in [2.75, 3.05) is 21.0 Å². The Morgan fingerprint density at radius 1 is 1.33 bits per heavy atom. The zero-order valence-electron chi connectivity index (χ0n) is 24.4. The van der Waals surface area contributed by atoms with Crippen molar-refractivity contribution >= 4 is 10.9 Å². The molecule has 0 aliphatic rings. The minimum atomic E-state index is -3.60. The zero-order valence-corrected chi connectivity index (χ0v) is 9.40. The molecular formula is C15H22N2O. The van der Waals surface area contributed by atoms with Crippen molar-refractivity contribution in [1.82, 2.24) is 9.47 Å². The fraction of sp³-hybridized carbons (Fsp3) is 0.467. The van der Waals surface area contributed by atoms with Gasteiger partial charge in [0.2, 0.25) is 0 Å². The molecule has 0 aliphatic heterocycles.